The molecular formula is C28H32N2O9. The third kappa shape index (κ3) is 3.63. The Balaban J connectivity index is 1.81. The normalized spacial score (nSPS) is 32.7. The van der Waals surface area contributed by atoms with Gasteiger partial charge in [-0.1, -0.05) is 31.9 Å². The number of likely N-dealkylation sites (N-methyl/N-ethyl adjacent to an activating group) is 1. The zero-order chi connectivity index (χ0) is 28.5. The number of phenols is 1. The van der Waals surface area contributed by atoms with Gasteiger partial charge in [0.2, 0.25) is 5.78 Å². The second-order valence-electron chi connectivity index (χ2n) is 11.2. The van der Waals surface area contributed by atoms with Crippen LogP contribution in [0.5, 0.6) is 5.75 Å². The van der Waals surface area contributed by atoms with Crippen molar-refractivity contribution in [2.75, 3.05) is 14.1 Å². The topological polar surface area (TPSA) is 188 Å². The lowest BCUT2D eigenvalue weighted by Gasteiger charge is -2.54. The van der Waals surface area contributed by atoms with E-state index < -0.39 is 82.0 Å². The molecule has 0 radical (unpaired) electrons. The average Bonchev–Trinajstić information content (AvgIpc) is 3.41. The van der Waals surface area contributed by atoms with E-state index in [0.717, 1.165) is 12.8 Å². The molecule has 0 unspecified atom stereocenters. The average molecular weight is 541 g/mol. The van der Waals surface area contributed by atoms with Crippen LogP contribution in [0.4, 0.5) is 0 Å². The first-order valence-electron chi connectivity index (χ1n) is 13.0. The number of aliphatic hydroxyl groups is 3. The molecule has 11 nitrogen and oxygen atoms in total. The van der Waals surface area contributed by atoms with Crippen molar-refractivity contribution >= 4 is 29.2 Å². The van der Waals surface area contributed by atoms with Gasteiger partial charge >= 0.3 is 5.97 Å². The van der Waals surface area contributed by atoms with Gasteiger partial charge in [-0.15, -0.1) is 0 Å². The fourth-order valence-electron chi connectivity index (χ4n) is 7.08. The van der Waals surface area contributed by atoms with Gasteiger partial charge < -0.3 is 30.9 Å². The van der Waals surface area contributed by atoms with Crippen molar-refractivity contribution in [1.82, 2.24) is 4.90 Å². The quantitative estimate of drug-likeness (QED) is 0.275. The van der Waals surface area contributed by atoms with Crippen LogP contribution in [0.15, 0.2) is 35.1 Å². The highest BCUT2D eigenvalue weighted by Gasteiger charge is 2.69. The largest absolute Gasteiger partial charge is 0.508 e. The summed E-state index contributed by atoms with van der Waals surface area (Å²) in [5.74, 6) is -9.84. The number of rotatable bonds is 4. The smallest absolute Gasteiger partial charge is 0.309 e. The van der Waals surface area contributed by atoms with Crippen molar-refractivity contribution in [2.45, 2.75) is 56.3 Å². The Morgan fingerprint density at radius 3 is 2.33 bits per heavy atom. The second kappa shape index (κ2) is 9.20. The van der Waals surface area contributed by atoms with Crippen molar-refractivity contribution in [3.63, 3.8) is 0 Å². The number of esters is 1. The maximum atomic E-state index is 14.2. The van der Waals surface area contributed by atoms with Crippen LogP contribution < -0.4 is 5.73 Å². The number of nitrogens with two attached hydrogens (primary N) is 1. The first-order chi connectivity index (χ1) is 18.3. The molecule has 2 fully saturated rings. The van der Waals surface area contributed by atoms with Gasteiger partial charge in [-0.05, 0) is 44.5 Å². The van der Waals surface area contributed by atoms with Gasteiger partial charge in [0.1, 0.15) is 28.9 Å². The summed E-state index contributed by atoms with van der Waals surface area (Å²) in [6.45, 7) is 1.73. The van der Waals surface area contributed by atoms with Crippen LogP contribution in [-0.4, -0.2) is 80.6 Å². The van der Waals surface area contributed by atoms with Gasteiger partial charge in [-0.2, -0.15) is 0 Å². The summed E-state index contributed by atoms with van der Waals surface area (Å²) in [5, 5.41) is 45.1. The van der Waals surface area contributed by atoms with E-state index in [1.165, 1.54) is 25.1 Å². The summed E-state index contributed by atoms with van der Waals surface area (Å²) in [5.41, 5.74) is 1.60. The van der Waals surface area contributed by atoms with E-state index in [1.807, 2.05) is 0 Å². The summed E-state index contributed by atoms with van der Waals surface area (Å²) in [7, 11) is 2.98. The van der Waals surface area contributed by atoms with Crippen LogP contribution in [0.25, 0.3) is 5.76 Å². The Kier molecular flexibility index (Phi) is 6.34. The maximum Gasteiger partial charge on any atom is 0.309 e. The van der Waals surface area contributed by atoms with E-state index in [9.17, 15) is 39.6 Å². The molecule has 0 aliphatic heterocycles. The third-order valence-electron chi connectivity index (χ3n) is 8.91. The van der Waals surface area contributed by atoms with Crippen molar-refractivity contribution in [1.29, 1.82) is 0 Å². The zero-order valence-corrected chi connectivity index (χ0v) is 21.9. The number of hydrogen-bond donors (Lipinski definition) is 5. The number of ketones is 2. The van der Waals surface area contributed by atoms with Crippen LogP contribution in [-0.2, 0) is 23.9 Å². The highest BCUT2D eigenvalue weighted by atomic mass is 16.5. The molecule has 208 valence electrons. The Morgan fingerprint density at radius 2 is 1.74 bits per heavy atom. The molecule has 0 bridgehead atoms. The molecule has 0 heterocycles. The Bertz CT molecular complexity index is 1360. The van der Waals surface area contributed by atoms with Crippen LogP contribution in [0.3, 0.4) is 0 Å². The molecule has 2 saturated carbocycles. The summed E-state index contributed by atoms with van der Waals surface area (Å²) < 4.78 is 6.08. The molecule has 11 heteroatoms. The summed E-state index contributed by atoms with van der Waals surface area (Å²) >= 11 is 0. The molecule has 0 aromatic heterocycles. The maximum absolute atomic E-state index is 14.2. The fourth-order valence-corrected chi connectivity index (χ4v) is 7.08. The van der Waals surface area contributed by atoms with Gasteiger partial charge in [-0.25, -0.2) is 0 Å². The second-order valence-corrected chi connectivity index (χ2v) is 11.2. The lowest BCUT2D eigenvalue weighted by molar-refractivity contribution is -0.187. The number of fused-ring (bicyclic) bond motifs is 3. The number of carbonyl (C=O) groups is 4. The standard InChI is InChI=1S/C28H32N2O9/c1-11-13-9-6-10-14(31)16(13)21(32)17-15(11)23(39-27(37)12-7-4-5-8-12)19-20(30(2)3)22(33)18(26(29)36)25(35)28(19,38)24(17)34/h6,9-12,15,19-20,23,31-32,35,38H,4-5,7-8H2,1-3H3,(H2,29,36)/t11-,15-,19+,20+,23+,28-/m0/s1. The number of amides is 1. The van der Waals surface area contributed by atoms with Gasteiger partial charge in [0, 0.05) is 11.5 Å². The number of hydrogen-bond acceptors (Lipinski definition) is 10. The minimum absolute atomic E-state index is 0.0258. The third-order valence-corrected chi connectivity index (χ3v) is 8.91. The van der Waals surface area contributed by atoms with E-state index in [2.05, 4.69) is 0 Å². The monoisotopic (exact) mass is 540 g/mol. The van der Waals surface area contributed by atoms with E-state index >= 15 is 0 Å². The Hall–Kier alpha value is -3.70. The van der Waals surface area contributed by atoms with Crippen molar-refractivity contribution in [3.8, 4) is 5.75 Å². The lowest BCUT2D eigenvalue weighted by Crippen LogP contribution is -2.71. The van der Waals surface area contributed by atoms with Gasteiger partial charge in [0.25, 0.3) is 5.91 Å². The van der Waals surface area contributed by atoms with Crippen LogP contribution >= 0.6 is 0 Å². The minimum Gasteiger partial charge on any atom is -0.508 e. The van der Waals surface area contributed by atoms with E-state index in [0.29, 0.717) is 18.4 Å². The highest BCUT2D eigenvalue weighted by Crippen LogP contribution is 2.57. The zero-order valence-electron chi connectivity index (χ0n) is 21.9. The van der Waals surface area contributed by atoms with Gasteiger partial charge in [0.15, 0.2) is 11.4 Å². The minimum atomic E-state index is -2.94. The molecule has 6 atom stereocenters. The number of nitrogens with zero attached hydrogens (tertiary/aromatic N) is 1. The Labute approximate surface area is 224 Å². The summed E-state index contributed by atoms with van der Waals surface area (Å²) in [4.78, 5) is 54.7. The number of phenolic OH excluding ortho intramolecular Hbond substituents is 1. The van der Waals surface area contributed by atoms with Crippen molar-refractivity contribution < 1.29 is 44.3 Å². The predicted molar refractivity (Wildman–Crippen MR) is 136 cm³/mol. The molecule has 6 N–H and O–H groups in total. The molecule has 1 aromatic carbocycles. The molecule has 0 spiro atoms. The fraction of sp³-hybridized carbons (Fsp3) is 0.500. The SMILES string of the molecule is C[C@H]1c2cccc(O)c2C(O)=C2C(=O)[C@]3(O)C(O)=C(C(N)=O)C(=O)[C@H](N(C)C)[C@@H]3[C@H](OC(=O)C3CCCC3)[C@H]21. The number of aromatic hydroxyl groups is 1. The number of aliphatic hydroxyl groups excluding tert-OH is 2. The van der Waals surface area contributed by atoms with E-state index in [-0.39, 0.29) is 16.9 Å². The number of benzene rings is 1. The summed E-state index contributed by atoms with van der Waals surface area (Å²) in [6, 6.07) is 3.17. The number of carbonyl (C=O) groups excluding carboxylic acids is 4. The lowest BCUT2D eigenvalue weighted by atomic mass is 9.54. The number of Topliss-reactive ketones (excluding diaryl/α,β-unsaturated/α-hetero) is 2. The molecule has 39 heavy (non-hydrogen) atoms. The molecular weight excluding hydrogens is 508 g/mol. The van der Waals surface area contributed by atoms with E-state index in [4.69, 9.17) is 10.5 Å². The van der Waals surface area contributed by atoms with Crippen LogP contribution in [0.2, 0.25) is 0 Å². The first kappa shape index (κ1) is 26.9. The van der Waals surface area contributed by atoms with E-state index in [1.54, 1.807) is 19.1 Å². The number of primary amides is 1. The van der Waals surface area contributed by atoms with Gasteiger partial charge in [0.05, 0.1) is 23.4 Å². The Morgan fingerprint density at radius 1 is 1.10 bits per heavy atom. The van der Waals surface area contributed by atoms with Crippen LogP contribution in [0, 0.1) is 17.8 Å². The number of ether oxygens (including phenoxy) is 1. The first-order valence-corrected chi connectivity index (χ1v) is 13.0. The highest BCUT2D eigenvalue weighted by molar-refractivity contribution is 6.24. The molecule has 5 rings (SSSR count). The molecule has 4 aliphatic carbocycles. The van der Waals surface area contributed by atoms with Crippen LogP contribution in [0.1, 0.15) is 49.7 Å². The van der Waals surface area contributed by atoms with Crippen molar-refractivity contribution in [3.05, 3.63) is 46.2 Å². The predicted octanol–water partition coefficient (Wildman–Crippen LogP) is 1.24. The molecule has 4 aliphatic rings. The molecule has 1 aromatic rings. The van der Waals surface area contributed by atoms with Gasteiger partial charge in [-0.3, -0.25) is 24.1 Å². The summed E-state index contributed by atoms with van der Waals surface area (Å²) in [6.07, 6.45) is 1.48. The molecule has 1 amide bonds. The molecule has 0 saturated heterocycles. The van der Waals surface area contributed by atoms with Crippen molar-refractivity contribution in [2.24, 2.45) is 23.5 Å².